The van der Waals surface area contributed by atoms with Crippen molar-refractivity contribution in [1.82, 2.24) is 0 Å². The summed E-state index contributed by atoms with van der Waals surface area (Å²) in [5.41, 5.74) is 0. The van der Waals surface area contributed by atoms with Crippen LogP contribution in [0.2, 0.25) is 0 Å². The van der Waals surface area contributed by atoms with Crippen LogP contribution in [0.15, 0.2) is 0 Å². The molecule has 0 aromatic carbocycles. The Labute approximate surface area is 96.5 Å². The van der Waals surface area contributed by atoms with E-state index in [4.69, 9.17) is 0 Å². The molecule has 0 saturated heterocycles. The first-order chi connectivity index (χ1) is 0. The van der Waals surface area contributed by atoms with Gasteiger partial charge < -0.3 is 0 Å². The first kappa shape index (κ1) is 42.2. The molecular formula is Ni2Ti3. The first-order valence-corrected chi connectivity index (χ1v) is 0. The van der Waals surface area contributed by atoms with Crippen molar-refractivity contribution < 1.29 is 98.1 Å². The third-order valence-corrected chi connectivity index (χ3v) is 0. The predicted molar refractivity (Wildman–Crippen MR) is 0 cm³/mol. The van der Waals surface area contributed by atoms with Crippen molar-refractivity contribution in [3.05, 3.63) is 0 Å². The van der Waals surface area contributed by atoms with Crippen LogP contribution < -0.4 is 0 Å². The summed E-state index contributed by atoms with van der Waals surface area (Å²) in [5, 5.41) is 0. The molecule has 0 spiro atoms. The van der Waals surface area contributed by atoms with Crippen molar-refractivity contribution in [2.45, 2.75) is 0 Å². The van der Waals surface area contributed by atoms with Gasteiger partial charge in [-0.1, -0.05) is 0 Å². The van der Waals surface area contributed by atoms with E-state index in [2.05, 4.69) is 0 Å². The molecule has 0 atom stereocenters. The topological polar surface area (TPSA) is 0 Å². The molecule has 0 aliphatic heterocycles. The molecule has 0 rings (SSSR count). The van der Waals surface area contributed by atoms with E-state index >= 15 is 0 Å². The fraction of sp³-hybridized carbons (Fsp3) is 0. The van der Waals surface area contributed by atoms with Crippen molar-refractivity contribution in [1.29, 1.82) is 0 Å². The van der Waals surface area contributed by atoms with Gasteiger partial charge in [-0.15, -0.1) is 0 Å². The van der Waals surface area contributed by atoms with Crippen molar-refractivity contribution in [2.75, 3.05) is 0 Å². The summed E-state index contributed by atoms with van der Waals surface area (Å²) in [5.74, 6) is 0. The van der Waals surface area contributed by atoms with Gasteiger partial charge in [-0.3, -0.25) is 0 Å². The van der Waals surface area contributed by atoms with Crippen LogP contribution in [0.4, 0.5) is 0 Å². The van der Waals surface area contributed by atoms with Gasteiger partial charge in [0, 0.05) is 98.1 Å². The van der Waals surface area contributed by atoms with E-state index in [9.17, 15) is 0 Å². The van der Waals surface area contributed by atoms with Gasteiger partial charge in [-0.2, -0.15) is 0 Å². The molecule has 0 aliphatic carbocycles. The second-order valence-corrected chi connectivity index (χ2v) is 0. The van der Waals surface area contributed by atoms with E-state index in [1.54, 1.807) is 0 Å². The van der Waals surface area contributed by atoms with Gasteiger partial charge in [0.2, 0.25) is 0 Å². The van der Waals surface area contributed by atoms with Gasteiger partial charge in [-0.25, -0.2) is 0 Å². The average Bonchev–Trinajstić information content (AvgIpc) is 0. The number of hydrogen-bond donors (Lipinski definition) is 0. The largest absolute Gasteiger partial charge is 0 e. The van der Waals surface area contributed by atoms with Crippen molar-refractivity contribution in [2.24, 2.45) is 0 Å². The summed E-state index contributed by atoms with van der Waals surface area (Å²) in [6.45, 7) is 0. The van der Waals surface area contributed by atoms with Crippen molar-refractivity contribution in [3.8, 4) is 0 Å². The minimum Gasteiger partial charge on any atom is 0 e. The fourth-order valence-corrected chi connectivity index (χ4v) is 0. The van der Waals surface area contributed by atoms with Crippen LogP contribution in [-0.4, -0.2) is 0 Å². The Kier molecular flexibility index (Phi) is 231. The molecule has 0 unspecified atom stereocenters. The Bertz CT molecular complexity index is 4.85. The minimum absolute atomic E-state index is 0. The van der Waals surface area contributed by atoms with Gasteiger partial charge in [0.05, 0.1) is 0 Å². The molecule has 0 bridgehead atoms. The normalized spacial score (nSPS) is 0. The van der Waals surface area contributed by atoms with Gasteiger partial charge in [0.25, 0.3) is 0 Å². The maximum Gasteiger partial charge on any atom is 0 e. The van der Waals surface area contributed by atoms with Crippen LogP contribution in [0.5, 0.6) is 0 Å². The maximum atomic E-state index is 0. The molecule has 0 saturated carbocycles. The molecule has 5 heavy (non-hydrogen) atoms. The van der Waals surface area contributed by atoms with Gasteiger partial charge in [-0.05, 0) is 0 Å². The van der Waals surface area contributed by atoms with Crippen LogP contribution >= 0.6 is 0 Å². The molecule has 0 heterocycles. The van der Waals surface area contributed by atoms with Crippen LogP contribution in [0, 0.1) is 0 Å². The molecule has 0 amide bonds. The summed E-state index contributed by atoms with van der Waals surface area (Å²) < 4.78 is 0. The predicted octanol–water partition coefficient (Wildman–Crippen LogP) is -0.0125. The zero-order chi connectivity index (χ0) is 0. The summed E-state index contributed by atoms with van der Waals surface area (Å²) in [4.78, 5) is 0. The van der Waals surface area contributed by atoms with E-state index in [-0.39, 0.29) is 98.1 Å². The molecule has 0 fully saturated rings. The zero-order valence-electron chi connectivity index (χ0n) is 2.13. The smallest absolute Gasteiger partial charge is 0 e. The van der Waals surface area contributed by atoms with Crippen LogP contribution in [0.1, 0.15) is 0 Å². The number of hydrogen-bond acceptors (Lipinski definition) is 0. The summed E-state index contributed by atoms with van der Waals surface area (Å²) >= 11 is 0. The molecule has 0 aromatic heterocycles. The van der Waals surface area contributed by atoms with E-state index in [0.717, 1.165) is 0 Å². The van der Waals surface area contributed by atoms with E-state index < -0.39 is 0 Å². The molecule has 0 aliphatic rings. The Morgan fingerprint density at radius 2 is 0.400 bits per heavy atom. The van der Waals surface area contributed by atoms with Crippen LogP contribution in [-0.2, 0) is 98.1 Å². The molecule has 0 radical (unpaired) electrons. The van der Waals surface area contributed by atoms with Crippen molar-refractivity contribution >= 4 is 0 Å². The second kappa shape index (κ2) is 27.3. The molecule has 0 aromatic rings. The van der Waals surface area contributed by atoms with E-state index in [0.29, 0.717) is 0 Å². The third-order valence-electron chi connectivity index (χ3n) is 0. The average molecular weight is 261 g/mol. The van der Waals surface area contributed by atoms with E-state index in [1.807, 2.05) is 0 Å². The van der Waals surface area contributed by atoms with Gasteiger partial charge in [0.1, 0.15) is 0 Å². The third kappa shape index (κ3) is 19.2. The molecule has 5 heteroatoms. The molecule has 32 valence electrons. The summed E-state index contributed by atoms with van der Waals surface area (Å²) in [6, 6.07) is 0. The zero-order valence-corrected chi connectivity index (χ0v) is 8.79. The van der Waals surface area contributed by atoms with Crippen LogP contribution in [0.3, 0.4) is 0 Å². The molecular weight excluding hydrogens is 261 g/mol. The monoisotopic (exact) mass is 260 g/mol. The molecule has 0 N–H and O–H groups in total. The van der Waals surface area contributed by atoms with Crippen LogP contribution in [0.25, 0.3) is 0 Å². The molecule has 0 nitrogen and oxygen atoms in total. The first-order valence-electron chi connectivity index (χ1n) is 0. The number of rotatable bonds is 0. The second-order valence-electron chi connectivity index (χ2n) is 0. The minimum atomic E-state index is 0. The fourth-order valence-electron chi connectivity index (χ4n) is 0. The SMILES string of the molecule is [Ni].[Ni].[Ti].[Ti].[Ti]. The van der Waals surface area contributed by atoms with Gasteiger partial charge >= 0.3 is 0 Å². The Morgan fingerprint density at radius 1 is 0.400 bits per heavy atom. The Balaban J connectivity index is 0. The Morgan fingerprint density at radius 3 is 0.400 bits per heavy atom. The maximum absolute atomic E-state index is 0. The van der Waals surface area contributed by atoms with E-state index in [1.165, 1.54) is 0 Å². The summed E-state index contributed by atoms with van der Waals surface area (Å²) in [6.07, 6.45) is 0. The quantitative estimate of drug-likeness (QED) is 0.538. The van der Waals surface area contributed by atoms with Crippen molar-refractivity contribution in [3.63, 3.8) is 0 Å². The standard InChI is InChI=1S/2Ni.3Ti. The summed E-state index contributed by atoms with van der Waals surface area (Å²) in [7, 11) is 0. The Hall–Kier alpha value is 3.13. The van der Waals surface area contributed by atoms with Gasteiger partial charge in [0.15, 0.2) is 0 Å².